The van der Waals surface area contributed by atoms with Crippen LogP contribution in [0.3, 0.4) is 0 Å². The van der Waals surface area contributed by atoms with Crippen molar-refractivity contribution in [1.82, 2.24) is 5.32 Å². The van der Waals surface area contributed by atoms with Crippen molar-refractivity contribution in [2.24, 2.45) is 11.1 Å². The number of nitrogens with one attached hydrogen (secondary N) is 1. The monoisotopic (exact) mass is 416 g/mol. The number of carbonyl (C=O) groups is 1. The van der Waals surface area contributed by atoms with Crippen molar-refractivity contribution in [3.05, 3.63) is 58.4 Å². The molecule has 6 heteroatoms. The van der Waals surface area contributed by atoms with Gasteiger partial charge in [0.25, 0.3) is 5.91 Å². The molecule has 2 aromatic carbocycles. The van der Waals surface area contributed by atoms with E-state index in [1.807, 2.05) is 26.8 Å². The molecule has 1 aliphatic rings. The van der Waals surface area contributed by atoms with Gasteiger partial charge in [-0.2, -0.15) is 0 Å². The van der Waals surface area contributed by atoms with Gasteiger partial charge in [0.05, 0.1) is 5.71 Å². The van der Waals surface area contributed by atoms with Gasteiger partial charge in [-0.15, -0.1) is 0 Å². The summed E-state index contributed by atoms with van der Waals surface area (Å²) >= 11 is 5.90. The summed E-state index contributed by atoms with van der Waals surface area (Å²) in [4.78, 5) is 18.4. The minimum Gasteiger partial charge on any atom is -0.389 e. The van der Waals surface area contributed by atoms with E-state index in [2.05, 4.69) is 24.3 Å². The number of oxime groups is 1. The van der Waals surface area contributed by atoms with Gasteiger partial charge in [-0.25, -0.2) is 4.39 Å². The van der Waals surface area contributed by atoms with Crippen LogP contribution in [0.15, 0.2) is 41.6 Å². The fourth-order valence-corrected chi connectivity index (χ4v) is 3.33. The third-order valence-electron chi connectivity index (χ3n) is 5.29. The molecule has 0 radical (unpaired) electrons. The number of benzene rings is 2. The fraction of sp³-hybridized carbons (Fsp3) is 0.391. The lowest BCUT2D eigenvalue weighted by atomic mass is 9.85. The predicted molar refractivity (Wildman–Crippen MR) is 115 cm³/mol. The smallest absolute Gasteiger partial charge is 0.251 e. The Morgan fingerprint density at radius 2 is 1.86 bits per heavy atom. The molecule has 0 saturated carbocycles. The maximum atomic E-state index is 14.6. The molecule has 1 atom stereocenters. The number of hydrogen-bond acceptors (Lipinski definition) is 3. The molecule has 1 amide bonds. The van der Waals surface area contributed by atoms with Crippen LogP contribution in [0.2, 0.25) is 5.02 Å². The molecule has 29 heavy (non-hydrogen) atoms. The molecule has 1 unspecified atom stereocenters. The van der Waals surface area contributed by atoms with E-state index in [0.29, 0.717) is 28.1 Å². The van der Waals surface area contributed by atoms with Gasteiger partial charge >= 0.3 is 0 Å². The molecular weight excluding hydrogens is 391 g/mol. The predicted octanol–water partition coefficient (Wildman–Crippen LogP) is 5.82. The van der Waals surface area contributed by atoms with Crippen molar-refractivity contribution in [1.29, 1.82) is 0 Å². The lowest BCUT2D eigenvalue weighted by molar-refractivity contribution is -0.0384. The summed E-state index contributed by atoms with van der Waals surface area (Å²) in [7, 11) is 0. The fourth-order valence-electron chi connectivity index (χ4n) is 3.17. The Kier molecular flexibility index (Phi) is 5.99. The summed E-state index contributed by atoms with van der Waals surface area (Å²) in [5, 5.41) is 7.49. The van der Waals surface area contributed by atoms with E-state index in [9.17, 15) is 9.18 Å². The molecule has 3 rings (SSSR count). The Balaban J connectivity index is 2.08. The highest BCUT2D eigenvalue weighted by Gasteiger charge is 2.38. The molecular formula is C23H26ClFN2O2. The summed E-state index contributed by atoms with van der Waals surface area (Å²) in [6.07, 6.45) is 0.614. The van der Waals surface area contributed by atoms with Crippen LogP contribution in [0.1, 0.15) is 57.0 Å². The quantitative estimate of drug-likeness (QED) is 0.667. The van der Waals surface area contributed by atoms with Crippen molar-refractivity contribution >= 4 is 23.2 Å². The van der Waals surface area contributed by atoms with Crippen LogP contribution in [0.25, 0.3) is 11.1 Å². The van der Waals surface area contributed by atoms with Crippen LogP contribution < -0.4 is 5.32 Å². The van der Waals surface area contributed by atoms with Gasteiger partial charge in [0.1, 0.15) is 11.4 Å². The van der Waals surface area contributed by atoms with E-state index in [0.717, 1.165) is 11.3 Å². The molecule has 0 spiro atoms. The Morgan fingerprint density at radius 1 is 1.17 bits per heavy atom. The third-order valence-corrected chi connectivity index (χ3v) is 5.53. The Hall–Kier alpha value is -2.40. The van der Waals surface area contributed by atoms with Crippen molar-refractivity contribution in [3.63, 3.8) is 0 Å². The van der Waals surface area contributed by atoms with Crippen LogP contribution in [-0.2, 0) is 4.84 Å². The zero-order chi connectivity index (χ0) is 21.3. The summed E-state index contributed by atoms with van der Waals surface area (Å²) in [6, 6.07) is 9.81. The third kappa shape index (κ3) is 4.61. The summed E-state index contributed by atoms with van der Waals surface area (Å²) in [6.45, 7) is 9.97. The van der Waals surface area contributed by atoms with E-state index in [1.165, 1.54) is 6.07 Å². The van der Waals surface area contributed by atoms with E-state index in [4.69, 9.17) is 16.4 Å². The second kappa shape index (κ2) is 8.15. The average molecular weight is 417 g/mol. The van der Waals surface area contributed by atoms with Crippen LogP contribution in [0.5, 0.6) is 0 Å². The Bertz CT molecular complexity index is 971. The van der Waals surface area contributed by atoms with Crippen molar-refractivity contribution < 1.29 is 14.0 Å². The normalized spacial score (nSPS) is 18.7. The van der Waals surface area contributed by atoms with Crippen molar-refractivity contribution in [3.8, 4) is 11.1 Å². The summed E-state index contributed by atoms with van der Waals surface area (Å²) in [5.41, 5.74) is 2.50. The Labute approximate surface area is 176 Å². The zero-order valence-electron chi connectivity index (χ0n) is 17.3. The van der Waals surface area contributed by atoms with Gasteiger partial charge < -0.3 is 10.2 Å². The first kappa shape index (κ1) is 21.3. The molecule has 154 valence electrons. The summed E-state index contributed by atoms with van der Waals surface area (Å²) < 4.78 is 14.6. The highest BCUT2D eigenvalue weighted by atomic mass is 35.5. The lowest BCUT2D eigenvalue weighted by Crippen LogP contribution is -2.31. The molecule has 0 fully saturated rings. The first-order chi connectivity index (χ1) is 13.6. The molecule has 0 bridgehead atoms. The lowest BCUT2D eigenvalue weighted by Gasteiger charge is -2.25. The first-order valence-corrected chi connectivity index (χ1v) is 10.1. The van der Waals surface area contributed by atoms with Gasteiger partial charge in [-0.1, -0.05) is 30.6 Å². The van der Waals surface area contributed by atoms with Gasteiger partial charge in [0.2, 0.25) is 0 Å². The molecule has 0 aromatic heterocycles. The standard InChI is InChI=1S/C23H26ClFN2O2/c1-13(2)23(5)12-21(27-29-23)16-8-15(19-7-6-18(24)11-20(19)25)9-17(10-16)22(28)26-14(3)4/h6-11,13-14H,12H2,1-5H3,(H,26,28). The van der Waals surface area contributed by atoms with Crippen molar-refractivity contribution in [2.75, 3.05) is 0 Å². The van der Waals surface area contributed by atoms with Gasteiger partial charge in [0.15, 0.2) is 0 Å². The SMILES string of the molecule is CC(C)NC(=O)c1cc(C2=NOC(C)(C(C)C)C2)cc(-c2ccc(Cl)cc2F)c1. The number of amides is 1. The van der Waals surface area contributed by atoms with Crippen LogP contribution >= 0.6 is 11.6 Å². The topological polar surface area (TPSA) is 50.7 Å². The molecule has 0 saturated heterocycles. The summed E-state index contributed by atoms with van der Waals surface area (Å²) in [5.74, 6) is -0.394. The molecule has 1 N–H and O–H groups in total. The van der Waals surface area contributed by atoms with E-state index >= 15 is 0 Å². The average Bonchev–Trinajstić information content (AvgIpc) is 3.04. The first-order valence-electron chi connectivity index (χ1n) is 9.76. The minimum absolute atomic E-state index is 0.0155. The second-order valence-corrected chi connectivity index (χ2v) is 8.76. The van der Waals surface area contributed by atoms with Crippen LogP contribution in [0, 0.1) is 11.7 Å². The maximum absolute atomic E-state index is 14.6. The maximum Gasteiger partial charge on any atom is 0.251 e. The van der Waals surface area contributed by atoms with E-state index in [-0.39, 0.29) is 17.9 Å². The van der Waals surface area contributed by atoms with Crippen LogP contribution in [-0.4, -0.2) is 23.3 Å². The number of rotatable bonds is 5. The van der Waals surface area contributed by atoms with Gasteiger partial charge in [-0.05, 0) is 68.7 Å². The second-order valence-electron chi connectivity index (χ2n) is 8.32. The van der Waals surface area contributed by atoms with E-state index in [1.54, 1.807) is 24.3 Å². The van der Waals surface area contributed by atoms with Crippen molar-refractivity contribution in [2.45, 2.75) is 52.7 Å². The molecule has 2 aromatic rings. The number of halogens is 2. The number of nitrogens with zero attached hydrogens (tertiary/aromatic N) is 1. The minimum atomic E-state index is -0.443. The van der Waals surface area contributed by atoms with E-state index < -0.39 is 11.4 Å². The highest BCUT2D eigenvalue weighted by Crippen LogP contribution is 2.35. The molecule has 1 heterocycles. The molecule has 1 aliphatic heterocycles. The molecule has 0 aliphatic carbocycles. The zero-order valence-corrected chi connectivity index (χ0v) is 18.1. The number of hydrogen-bond donors (Lipinski definition) is 1. The van der Waals surface area contributed by atoms with Crippen LogP contribution in [0.4, 0.5) is 4.39 Å². The molecule has 4 nitrogen and oxygen atoms in total. The Morgan fingerprint density at radius 3 is 2.45 bits per heavy atom. The van der Waals surface area contributed by atoms with Gasteiger partial charge in [-0.3, -0.25) is 4.79 Å². The highest BCUT2D eigenvalue weighted by molar-refractivity contribution is 6.30. The largest absolute Gasteiger partial charge is 0.389 e. The number of carbonyl (C=O) groups excluding carboxylic acids is 1. The van der Waals surface area contributed by atoms with Gasteiger partial charge in [0, 0.05) is 34.2 Å².